The summed E-state index contributed by atoms with van der Waals surface area (Å²) in [4.78, 5) is 0. The van der Waals surface area contributed by atoms with E-state index in [2.05, 4.69) is 45.0 Å². The summed E-state index contributed by atoms with van der Waals surface area (Å²) in [6, 6.07) is 8.53. The Morgan fingerprint density at radius 2 is 1.65 bits per heavy atom. The first-order valence-corrected chi connectivity index (χ1v) is 10.6. The molecule has 1 aromatic carbocycles. The third kappa shape index (κ3) is 7.67. The van der Waals surface area contributed by atoms with Gasteiger partial charge in [0.1, 0.15) is 5.75 Å². The van der Waals surface area contributed by atoms with Crippen molar-refractivity contribution in [3.63, 3.8) is 0 Å². The average Bonchev–Trinajstić information content (AvgIpc) is 2.65. The van der Waals surface area contributed by atoms with Crippen molar-refractivity contribution in [2.45, 2.75) is 91.0 Å². The molecule has 148 valence electrons. The summed E-state index contributed by atoms with van der Waals surface area (Å²) in [5.41, 5.74) is 1.41. The van der Waals surface area contributed by atoms with Crippen LogP contribution in [0.2, 0.25) is 0 Å². The first-order chi connectivity index (χ1) is 12.6. The average molecular weight is 363 g/mol. The molecule has 0 aromatic heterocycles. The van der Waals surface area contributed by atoms with E-state index in [1.165, 1.54) is 50.5 Å². The highest BCUT2D eigenvalue weighted by molar-refractivity contribution is 5.29. The summed E-state index contributed by atoms with van der Waals surface area (Å²) < 4.78 is 17.5. The zero-order chi connectivity index (χ0) is 18.8. The third-order valence-corrected chi connectivity index (χ3v) is 5.24. The summed E-state index contributed by atoms with van der Waals surface area (Å²) >= 11 is 0. The van der Waals surface area contributed by atoms with E-state index in [-0.39, 0.29) is 6.29 Å². The minimum Gasteiger partial charge on any atom is -0.465 e. The van der Waals surface area contributed by atoms with Crippen LogP contribution < -0.4 is 4.74 Å². The molecule has 2 rings (SSSR count). The Kier molecular flexibility index (Phi) is 9.49. The number of benzene rings is 1. The maximum Gasteiger partial charge on any atom is 0.197 e. The molecule has 0 N–H and O–H groups in total. The summed E-state index contributed by atoms with van der Waals surface area (Å²) in [5, 5.41) is 0. The van der Waals surface area contributed by atoms with Gasteiger partial charge in [-0.25, -0.2) is 0 Å². The van der Waals surface area contributed by atoms with Crippen LogP contribution in [-0.4, -0.2) is 25.6 Å². The quantitative estimate of drug-likeness (QED) is 0.341. The highest BCUT2D eigenvalue weighted by atomic mass is 16.7. The van der Waals surface area contributed by atoms with E-state index < -0.39 is 0 Å². The minimum atomic E-state index is -0.256. The topological polar surface area (TPSA) is 27.7 Å². The Balaban J connectivity index is 1.68. The fourth-order valence-corrected chi connectivity index (χ4v) is 3.81. The van der Waals surface area contributed by atoms with Gasteiger partial charge in [0.05, 0.1) is 19.3 Å². The minimum absolute atomic E-state index is 0.256. The van der Waals surface area contributed by atoms with E-state index in [0.29, 0.717) is 25.2 Å². The van der Waals surface area contributed by atoms with Gasteiger partial charge in [-0.05, 0) is 62.1 Å². The summed E-state index contributed by atoms with van der Waals surface area (Å²) in [6.45, 7) is 10.0. The zero-order valence-corrected chi connectivity index (χ0v) is 17.2. The van der Waals surface area contributed by atoms with Crippen molar-refractivity contribution in [3.8, 4) is 5.75 Å². The Morgan fingerprint density at radius 3 is 2.27 bits per heavy atom. The normalized spacial score (nSPS) is 18.0. The van der Waals surface area contributed by atoms with E-state index in [0.717, 1.165) is 11.7 Å². The summed E-state index contributed by atoms with van der Waals surface area (Å²) in [6.07, 6.45) is 8.96. The molecule has 0 spiro atoms. The van der Waals surface area contributed by atoms with Gasteiger partial charge in [0.15, 0.2) is 6.29 Å². The molecular formula is C23H38O3. The first-order valence-electron chi connectivity index (χ1n) is 10.6. The zero-order valence-electron chi connectivity index (χ0n) is 17.2. The Morgan fingerprint density at radius 1 is 0.962 bits per heavy atom. The molecule has 1 aliphatic carbocycles. The van der Waals surface area contributed by atoms with Crippen molar-refractivity contribution < 1.29 is 14.2 Å². The van der Waals surface area contributed by atoms with Crippen molar-refractivity contribution in [1.29, 1.82) is 0 Å². The molecule has 1 aliphatic rings. The molecular weight excluding hydrogens is 324 g/mol. The van der Waals surface area contributed by atoms with Crippen molar-refractivity contribution >= 4 is 0 Å². The lowest BCUT2D eigenvalue weighted by atomic mass is 9.88. The molecule has 3 heteroatoms. The predicted octanol–water partition coefficient (Wildman–Crippen LogP) is 6.32. The van der Waals surface area contributed by atoms with Gasteiger partial charge < -0.3 is 14.2 Å². The molecule has 2 atom stereocenters. The van der Waals surface area contributed by atoms with Crippen LogP contribution in [0.4, 0.5) is 0 Å². The Hall–Kier alpha value is -1.06. The van der Waals surface area contributed by atoms with Crippen LogP contribution in [-0.2, 0) is 9.47 Å². The Labute approximate surface area is 160 Å². The van der Waals surface area contributed by atoms with E-state index in [4.69, 9.17) is 14.2 Å². The lowest BCUT2D eigenvalue weighted by Crippen LogP contribution is -2.22. The fourth-order valence-electron chi connectivity index (χ4n) is 3.81. The van der Waals surface area contributed by atoms with Gasteiger partial charge in [-0.2, -0.15) is 0 Å². The molecule has 0 radical (unpaired) electrons. The number of rotatable bonds is 11. The monoisotopic (exact) mass is 362 g/mol. The van der Waals surface area contributed by atoms with Gasteiger partial charge in [-0.1, -0.05) is 52.2 Å². The van der Waals surface area contributed by atoms with Gasteiger partial charge in [-0.15, -0.1) is 0 Å². The van der Waals surface area contributed by atoms with Gasteiger partial charge in [-0.3, -0.25) is 0 Å². The van der Waals surface area contributed by atoms with Crippen LogP contribution in [0.5, 0.6) is 5.75 Å². The molecule has 0 heterocycles. The number of hydrogen-bond donors (Lipinski definition) is 0. The summed E-state index contributed by atoms with van der Waals surface area (Å²) in [5.74, 6) is 2.23. The van der Waals surface area contributed by atoms with Crippen LogP contribution in [0, 0.1) is 5.92 Å². The lowest BCUT2D eigenvalue weighted by molar-refractivity contribution is -0.0940. The maximum atomic E-state index is 5.89. The van der Waals surface area contributed by atoms with Crippen LogP contribution in [0.1, 0.15) is 84.1 Å². The van der Waals surface area contributed by atoms with E-state index in [9.17, 15) is 0 Å². The fraction of sp³-hybridized carbons (Fsp3) is 0.739. The van der Waals surface area contributed by atoms with Crippen LogP contribution in [0.15, 0.2) is 24.3 Å². The standard InChI is InChI=1S/C23H38O3/c1-5-20(17-18(2)3)21-11-13-23(14-12-21)26-19(4)24-15-16-25-22-9-7-6-8-10-22/h11-14,18-20,22H,5-10,15-17H2,1-4H3. The van der Waals surface area contributed by atoms with E-state index >= 15 is 0 Å². The second kappa shape index (κ2) is 11.6. The molecule has 0 bridgehead atoms. The van der Waals surface area contributed by atoms with E-state index in [1.54, 1.807) is 0 Å². The van der Waals surface area contributed by atoms with Crippen LogP contribution in [0.3, 0.4) is 0 Å². The molecule has 26 heavy (non-hydrogen) atoms. The second-order valence-electron chi connectivity index (χ2n) is 7.99. The predicted molar refractivity (Wildman–Crippen MR) is 108 cm³/mol. The van der Waals surface area contributed by atoms with Gasteiger partial charge >= 0.3 is 0 Å². The number of hydrogen-bond acceptors (Lipinski definition) is 3. The second-order valence-corrected chi connectivity index (χ2v) is 7.99. The van der Waals surface area contributed by atoms with Crippen LogP contribution >= 0.6 is 0 Å². The molecule has 3 nitrogen and oxygen atoms in total. The molecule has 1 saturated carbocycles. The van der Waals surface area contributed by atoms with Crippen molar-refractivity contribution in [2.75, 3.05) is 13.2 Å². The lowest BCUT2D eigenvalue weighted by Gasteiger charge is -2.22. The largest absolute Gasteiger partial charge is 0.465 e. The van der Waals surface area contributed by atoms with Crippen molar-refractivity contribution in [1.82, 2.24) is 0 Å². The third-order valence-electron chi connectivity index (χ3n) is 5.24. The molecule has 0 aliphatic heterocycles. The highest BCUT2D eigenvalue weighted by Gasteiger charge is 2.14. The number of ether oxygens (including phenoxy) is 3. The highest BCUT2D eigenvalue weighted by Crippen LogP contribution is 2.28. The molecule has 1 fully saturated rings. The van der Waals surface area contributed by atoms with Crippen LogP contribution in [0.25, 0.3) is 0 Å². The van der Waals surface area contributed by atoms with Gasteiger partial charge in [0.25, 0.3) is 0 Å². The molecule has 1 aromatic rings. The summed E-state index contributed by atoms with van der Waals surface area (Å²) in [7, 11) is 0. The Bertz CT molecular complexity index is 477. The molecule has 0 saturated heterocycles. The smallest absolute Gasteiger partial charge is 0.197 e. The molecule has 0 amide bonds. The SMILES string of the molecule is CCC(CC(C)C)c1ccc(OC(C)OCCOC2CCCCC2)cc1. The van der Waals surface area contributed by atoms with Gasteiger partial charge in [0.2, 0.25) is 0 Å². The van der Waals surface area contributed by atoms with Crippen molar-refractivity contribution in [3.05, 3.63) is 29.8 Å². The van der Waals surface area contributed by atoms with Crippen molar-refractivity contribution in [2.24, 2.45) is 5.92 Å². The molecule has 2 unspecified atom stereocenters. The first kappa shape index (κ1) is 21.2. The van der Waals surface area contributed by atoms with Gasteiger partial charge in [0, 0.05) is 0 Å². The van der Waals surface area contributed by atoms with E-state index in [1.807, 2.05) is 6.92 Å². The maximum absolute atomic E-state index is 5.89.